The number of benzene rings is 6. The van der Waals surface area contributed by atoms with Crippen LogP contribution in [0.4, 0.5) is 9.59 Å². The van der Waals surface area contributed by atoms with E-state index in [1.54, 1.807) is 58.3 Å². The Balaban J connectivity index is 0.000000179. The lowest BCUT2D eigenvalue weighted by Gasteiger charge is -2.35. The zero-order valence-electron chi connectivity index (χ0n) is 48.7. The predicted molar refractivity (Wildman–Crippen MR) is 344 cm³/mol. The fraction of sp³-hybridized carbons (Fsp3) is 0.391. The van der Waals surface area contributed by atoms with E-state index in [1.165, 1.54) is 82.1 Å². The van der Waals surface area contributed by atoms with Crippen molar-refractivity contribution in [3.63, 3.8) is 0 Å². The molecule has 0 bridgehead atoms. The SMILES string of the molecule is O=C(Oc1ccc(Cl)cc1)N1CCc2c([nH]c3ccc(Cl)cc23)C1c1ccc(OCCCCCCN2CCCCC2)cc1.O=C(Oc1ccc(Cl)cc1)N1CCc2c([nH]c3ccc(Cl)cc23)C1c1ccc(OCCCCCCN2CCOCC2)cc1. The van der Waals surface area contributed by atoms with Crippen LogP contribution in [-0.2, 0) is 17.6 Å². The number of hydrogen-bond acceptors (Lipinski definition) is 9. The van der Waals surface area contributed by atoms with Gasteiger partial charge in [0.1, 0.15) is 35.1 Å². The molecule has 0 spiro atoms. The van der Waals surface area contributed by atoms with Crippen LogP contribution in [0.3, 0.4) is 0 Å². The number of aromatic nitrogens is 2. The van der Waals surface area contributed by atoms with Gasteiger partial charge in [-0.1, -0.05) is 103 Å². The molecule has 0 radical (unpaired) electrons. The first-order valence-electron chi connectivity index (χ1n) is 30.7. The highest BCUT2D eigenvalue weighted by Crippen LogP contribution is 2.42. The first-order chi connectivity index (χ1) is 42.1. The average molecular weight is 1240 g/mol. The maximum Gasteiger partial charge on any atom is 0.416 e. The third-order valence-corrected chi connectivity index (χ3v) is 17.9. The molecule has 17 heteroatoms. The number of nitrogens with one attached hydrogen (secondary N) is 2. The molecule has 4 aliphatic rings. The molecule has 13 nitrogen and oxygen atoms in total. The molecule has 0 aliphatic carbocycles. The van der Waals surface area contributed by atoms with E-state index in [9.17, 15) is 9.59 Å². The number of likely N-dealkylation sites (tertiary alicyclic amines) is 1. The van der Waals surface area contributed by atoms with Crippen molar-refractivity contribution in [3.8, 4) is 23.0 Å². The van der Waals surface area contributed by atoms with Gasteiger partial charge in [0.25, 0.3) is 0 Å². The van der Waals surface area contributed by atoms with Gasteiger partial charge in [0.15, 0.2) is 0 Å². The number of ether oxygens (including phenoxy) is 5. The summed E-state index contributed by atoms with van der Waals surface area (Å²) >= 11 is 24.8. The summed E-state index contributed by atoms with van der Waals surface area (Å²) < 4.78 is 29.2. The van der Waals surface area contributed by atoms with Crippen LogP contribution in [0.25, 0.3) is 21.8 Å². The van der Waals surface area contributed by atoms with E-state index in [0.29, 0.717) is 70.7 Å². The number of halogens is 4. The molecule has 2 N–H and O–H groups in total. The van der Waals surface area contributed by atoms with Gasteiger partial charge in [-0.15, -0.1) is 0 Å². The Labute approximate surface area is 524 Å². The number of morpholine rings is 1. The number of fused-ring (bicyclic) bond motifs is 6. The van der Waals surface area contributed by atoms with Crippen molar-refractivity contribution < 1.29 is 33.3 Å². The van der Waals surface area contributed by atoms with Crippen molar-refractivity contribution in [2.24, 2.45) is 0 Å². The Kier molecular flexibility index (Phi) is 21.4. The molecule has 2 atom stereocenters. The Hall–Kier alpha value is -6.42. The van der Waals surface area contributed by atoms with Gasteiger partial charge in [0.05, 0.1) is 26.4 Å². The number of carbonyl (C=O) groups excluding carboxylic acids is 2. The quantitative estimate of drug-likeness (QED) is 0.0718. The minimum atomic E-state index is -0.413. The summed E-state index contributed by atoms with van der Waals surface area (Å²) in [6, 6.07) is 40.9. The number of aromatic amines is 2. The minimum absolute atomic E-state index is 0.344. The molecule has 2 unspecified atom stereocenters. The van der Waals surface area contributed by atoms with E-state index in [-0.39, 0.29) is 12.1 Å². The number of rotatable bonds is 20. The number of piperidine rings is 1. The first kappa shape index (κ1) is 61.2. The molecule has 2 amide bonds. The maximum atomic E-state index is 13.5. The molecule has 2 saturated heterocycles. The van der Waals surface area contributed by atoms with Crippen LogP contribution >= 0.6 is 46.4 Å². The highest BCUT2D eigenvalue weighted by Gasteiger charge is 2.38. The van der Waals surface area contributed by atoms with Crippen LogP contribution in [-0.4, -0.2) is 121 Å². The summed E-state index contributed by atoms with van der Waals surface area (Å²) in [6.45, 7) is 11.2. The van der Waals surface area contributed by atoms with Crippen LogP contribution in [0.5, 0.6) is 23.0 Å². The van der Waals surface area contributed by atoms with Crippen LogP contribution in [0.15, 0.2) is 133 Å². The summed E-state index contributed by atoms with van der Waals surface area (Å²) in [5.74, 6) is 2.57. The van der Waals surface area contributed by atoms with E-state index in [1.807, 2.05) is 72.8 Å². The standard InChI is InChI=1S/C35H39Cl2N3O3.C34H37Cl2N3O4/c36-26-10-15-29(16-11-26)43-35(41)40-22-18-30-31-24-27(37)12-17-32(31)38-33(30)34(40)25-8-13-28(14-9-25)42-23-7-2-1-4-19-39-20-5-3-6-21-39;35-25-7-12-28(13-8-25)43-34(40)39-17-15-29-30-23-26(36)9-14-31(30)37-32(29)33(39)24-5-10-27(11-6-24)42-20-4-2-1-3-16-38-18-21-41-22-19-38/h8-17,24,34,38H,1-7,18-23H2;5-14,23,33,37H,1-4,15-22H2. The number of H-pyrrole nitrogens is 2. The van der Waals surface area contributed by atoms with Crippen molar-refractivity contribution in [1.29, 1.82) is 0 Å². The summed E-state index contributed by atoms with van der Waals surface area (Å²) in [7, 11) is 0. The largest absolute Gasteiger partial charge is 0.494 e. The highest BCUT2D eigenvalue weighted by atomic mass is 35.5. The van der Waals surface area contributed by atoms with Gasteiger partial charge >= 0.3 is 12.2 Å². The van der Waals surface area contributed by atoms with Crippen molar-refractivity contribution in [2.75, 3.05) is 78.8 Å². The van der Waals surface area contributed by atoms with E-state index in [0.717, 1.165) is 108 Å². The lowest BCUT2D eigenvalue weighted by Crippen LogP contribution is -2.42. The average Bonchev–Trinajstić information content (AvgIpc) is 2.33. The fourth-order valence-electron chi connectivity index (χ4n) is 12.4. The molecule has 452 valence electrons. The summed E-state index contributed by atoms with van der Waals surface area (Å²) in [5.41, 5.74) is 8.27. The second-order valence-electron chi connectivity index (χ2n) is 22.8. The Morgan fingerprint density at radius 2 is 0.837 bits per heavy atom. The second kappa shape index (κ2) is 30.0. The number of carbonyl (C=O) groups is 2. The Morgan fingerprint density at radius 3 is 1.28 bits per heavy atom. The molecular weight excluding hydrogens is 1170 g/mol. The number of amides is 2. The van der Waals surface area contributed by atoms with Crippen LogP contribution in [0, 0.1) is 0 Å². The monoisotopic (exact) mass is 1240 g/mol. The van der Waals surface area contributed by atoms with E-state index in [2.05, 4.69) is 31.9 Å². The molecule has 12 rings (SSSR count). The summed E-state index contributed by atoms with van der Waals surface area (Å²) in [5, 5.41) is 4.74. The lowest BCUT2D eigenvalue weighted by molar-refractivity contribution is 0.0371. The second-order valence-corrected chi connectivity index (χ2v) is 24.5. The van der Waals surface area contributed by atoms with Gasteiger partial charge in [-0.3, -0.25) is 14.7 Å². The third kappa shape index (κ3) is 15.8. The van der Waals surface area contributed by atoms with Crippen LogP contribution < -0.4 is 18.9 Å². The molecule has 2 fully saturated rings. The normalized spacial score (nSPS) is 17.2. The summed E-state index contributed by atoms with van der Waals surface area (Å²) in [4.78, 5) is 42.9. The molecule has 8 aromatic rings. The fourth-order valence-corrected chi connectivity index (χ4v) is 13.0. The van der Waals surface area contributed by atoms with Crippen molar-refractivity contribution in [3.05, 3.63) is 187 Å². The van der Waals surface area contributed by atoms with E-state index in [4.69, 9.17) is 70.1 Å². The van der Waals surface area contributed by atoms with Gasteiger partial charge in [0, 0.05) is 79.5 Å². The molecular formula is C69H76Cl4N6O7. The minimum Gasteiger partial charge on any atom is -0.494 e. The van der Waals surface area contributed by atoms with Gasteiger partial charge in [-0.2, -0.15) is 0 Å². The maximum absolute atomic E-state index is 13.5. The van der Waals surface area contributed by atoms with Crippen LogP contribution in [0.1, 0.15) is 116 Å². The predicted octanol–water partition coefficient (Wildman–Crippen LogP) is 16.9. The number of nitrogens with zero attached hydrogens (tertiary/aromatic N) is 4. The lowest BCUT2D eigenvalue weighted by atomic mass is 9.92. The highest BCUT2D eigenvalue weighted by molar-refractivity contribution is 6.32. The third-order valence-electron chi connectivity index (χ3n) is 16.9. The molecule has 0 saturated carbocycles. The van der Waals surface area contributed by atoms with E-state index >= 15 is 0 Å². The number of unbranched alkanes of at least 4 members (excludes halogenated alkanes) is 6. The Bertz CT molecular complexity index is 3260. The molecule has 86 heavy (non-hydrogen) atoms. The zero-order valence-corrected chi connectivity index (χ0v) is 51.7. The van der Waals surface area contributed by atoms with E-state index < -0.39 is 12.2 Å². The van der Waals surface area contributed by atoms with Gasteiger partial charge in [-0.05, 0) is 209 Å². The molecule has 6 aromatic carbocycles. The van der Waals surface area contributed by atoms with Gasteiger partial charge in [0.2, 0.25) is 0 Å². The first-order valence-corrected chi connectivity index (χ1v) is 32.2. The zero-order chi connectivity index (χ0) is 59.2. The summed E-state index contributed by atoms with van der Waals surface area (Å²) in [6.07, 6.45) is 14.0. The number of hydrogen-bond donors (Lipinski definition) is 2. The van der Waals surface area contributed by atoms with Crippen molar-refractivity contribution >= 4 is 80.4 Å². The van der Waals surface area contributed by atoms with Gasteiger partial charge < -0.3 is 38.6 Å². The smallest absolute Gasteiger partial charge is 0.416 e. The molecule has 2 aromatic heterocycles. The molecule has 4 aliphatic heterocycles. The topological polar surface area (TPSA) is 125 Å². The van der Waals surface area contributed by atoms with Crippen molar-refractivity contribution in [2.45, 2.75) is 95.6 Å². The van der Waals surface area contributed by atoms with Crippen LogP contribution in [0.2, 0.25) is 20.1 Å². The Morgan fingerprint density at radius 1 is 0.442 bits per heavy atom. The van der Waals surface area contributed by atoms with Crippen molar-refractivity contribution in [1.82, 2.24) is 29.6 Å². The molecule has 6 heterocycles. The van der Waals surface area contributed by atoms with Gasteiger partial charge in [-0.25, -0.2) is 9.59 Å².